The van der Waals surface area contributed by atoms with Crippen molar-refractivity contribution in [1.82, 2.24) is 0 Å². The first-order valence-corrected chi connectivity index (χ1v) is 9.27. The van der Waals surface area contributed by atoms with E-state index in [1.165, 1.54) is 13.2 Å². The summed E-state index contributed by atoms with van der Waals surface area (Å²) >= 11 is 6.56. The zero-order valence-corrected chi connectivity index (χ0v) is 17.4. The molecule has 3 aromatic rings. The topological polar surface area (TPSA) is 76.0 Å². The van der Waals surface area contributed by atoms with E-state index >= 15 is 0 Å². The quantitative estimate of drug-likeness (QED) is 0.457. The van der Waals surface area contributed by atoms with Crippen LogP contribution in [0.3, 0.4) is 0 Å². The lowest BCUT2D eigenvalue weighted by Crippen LogP contribution is -2.00. The Hall–Kier alpha value is -2.51. The van der Waals surface area contributed by atoms with Crippen LogP contribution in [0, 0.1) is 0 Å². The predicted molar refractivity (Wildman–Crippen MR) is 110 cm³/mol. The largest absolute Gasteiger partial charge is 0.508 e. The molecule has 3 aromatic carbocycles. The molecule has 0 radical (unpaired) electrons. The highest BCUT2D eigenvalue weighted by Gasteiger charge is 2.13. The smallest absolute Gasteiger partial charge is 0.339 e. The molecule has 2 N–H and O–H groups in total. The number of carboxylic acids is 1. The molecule has 0 aliphatic rings. The highest BCUT2D eigenvalue weighted by atomic mass is 79.9. The van der Waals surface area contributed by atoms with Gasteiger partial charge in [0.05, 0.1) is 7.11 Å². The van der Waals surface area contributed by atoms with E-state index in [4.69, 9.17) is 19.7 Å². The van der Waals surface area contributed by atoms with E-state index in [1.54, 1.807) is 48.5 Å². The van der Waals surface area contributed by atoms with Crippen LogP contribution in [0.15, 0.2) is 75.7 Å². The van der Waals surface area contributed by atoms with Crippen LogP contribution in [-0.4, -0.2) is 23.3 Å². The molecule has 0 aliphatic heterocycles. The van der Waals surface area contributed by atoms with Gasteiger partial charge in [-0.3, -0.25) is 0 Å². The summed E-state index contributed by atoms with van der Waals surface area (Å²) in [5.41, 5.74) is 0.0577. The van der Waals surface area contributed by atoms with Gasteiger partial charge >= 0.3 is 5.97 Å². The summed E-state index contributed by atoms with van der Waals surface area (Å²) in [6, 6.07) is 18.6. The molecular weight excluding hydrogens is 480 g/mol. The van der Waals surface area contributed by atoms with Crippen LogP contribution in [0.4, 0.5) is 0 Å². The van der Waals surface area contributed by atoms with Crippen LogP contribution >= 0.6 is 31.9 Å². The summed E-state index contributed by atoms with van der Waals surface area (Å²) < 4.78 is 12.5. The second kappa shape index (κ2) is 9.99. The first-order valence-electron chi connectivity index (χ1n) is 7.68. The Labute approximate surface area is 173 Å². The van der Waals surface area contributed by atoms with Gasteiger partial charge in [0, 0.05) is 8.95 Å². The average Bonchev–Trinajstić information content (AvgIpc) is 2.66. The van der Waals surface area contributed by atoms with Crippen molar-refractivity contribution >= 4 is 37.8 Å². The van der Waals surface area contributed by atoms with Gasteiger partial charge in [-0.05, 0) is 66.7 Å². The van der Waals surface area contributed by atoms with Crippen molar-refractivity contribution < 1.29 is 24.5 Å². The van der Waals surface area contributed by atoms with E-state index in [-0.39, 0.29) is 11.3 Å². The maximum Gasteiger partial charge on any atom is 0.339 e. The lowest BCUT2D eigenvalue weighted by Gasteiger charge is -2.10. The van der Waals surface area contributed by atoms with Gasteiger partial charge in [0.15, 0.2) is 0 Å². The van der Waals surface area contributed by atoms with Crippen LogP contribution in [0.2, 0.25) is 0 Å². The second-order valence-corrected chi connectivity index (χ2v) is 7.03. The first kappa shape index (κ1) is 20.8. The van der Waals surface area contributed by atoms with Gasteiger partial charge in [0.2, 0.25) is 0 Å². The minimum Gasteiger partial charge on any atom is -0.508 e. The van der Waals surface area contributed by atoms with Crippen molar-refractivity contribution in [2.45, 2.75) is 0 Å². The lowest BCUT2D eigenvalue weighted by atomic mass is 10.2. The molecule has 5 nitrogen and oxygen atoms in total. The van der Waals surface area contributed by atoms with Crippen molar-refractivity contribution in [1.29, 1.82) is 0 Å². The van der Waals surface area contributed by atoms with E-state index in [9.17, 15) is 4.79 Å². The number of rotatable bonds is 4. The van der Waals surface area contributed by atoms with Gasteiger partial charge in [-0.2, -0.15) is 0 Å². The molecule has 7 heteroatoms. The third kappa shape index (κ3) is 6.62. The predicted octanol–water partition coefficient (Wildman–Crippen LogP) is 6.10. The van der Waals surface area contributed by atoms with E-state index in [1.807, 2.05) is 12.1 Å². The minimum absolute atomic E-state index is 0.0577. The third-order valence-electron chi connectivity index (χ3n) is 3.29. The number of benzene rings is 3. The number of halogens is 2. The molecule has 0 saturated heterocycles. The van der Waals surface area contributed by atoms with Gasteiger partial charge in [-0.15, -0.1) is 0 Å². The van der Waals surface area contributed by atoms with Gasteiger partial charge in [0.1, 0.15) is 28.6 Å². The number of hydrogen-bond acceptors (Lipinski definition) is 4. The Morgan fingerprint density at radius 1 is 0.852 bits per heavy atom. The zero-order chi connectivity index (χ0) is 19.8. The molecule has 0 unspecified atom stereocenters. The van der Waals surface area contributed by atoms with E-state index in [0.717, 1.165) is 8.95 Å². The summed E-state index contributed by atoms with van der Waals surface area (Å²) in [5.74, 6) is 0.547. The number of carbonyl (C=O) groups is 1. The van der Waals surface area contributed by atoms with Gasteiger partial charge < -0.3 is 19.7 Å². The normalized spacial score (nSPS) is 9.74. The number of phenolic OH excluding ortho intramolecular Hbond substituents is 1. The SMILES string of the molecule is COc1ccc(Oc2ccc(Br)cc2)c(C(=O)O)c1.Oc1ccc(Br)cc1. The third-order valence-corrected chi connectivity index (χ3v) is 4.34. The maximum atomic E-state index is 11.2. The summed E-state index contributed by atoms with van der Waals surface area (Å²) in [4.78, 5) is 11.2. The Morgan fingerprint density at radius 3 is 1.85 bits per heavy atom. The van der Waals surface area contributed by atoms with Gasteiger partial charge in [-0.1, -0.05) is 31.9 Å². The van der Waals surface area contributed by atoms with Crippen molar-refractivity contribution in [3.8, 4) is 23.0 Å². The molecule has 0 bridgehead atoms. The highest BCUT2D eigenvalue weighted by Crippen LogP contribution is 2.29. The summed E-state index contributed by atoms with van der Waals surface area (Å²) in [7, 11) is 1.48. The molecule has 27 heavy (non-hydrogen) atoms. The lowest BCUT2D eigenvalue weighted by molar-refractivity contribution is 0.0693. The molecule has 0 fully saturated rings. The Morgan fingerprint density at radius 2 is 1.37 bits per heavy atom. The van der Waals surface area contributed by atoms with Crippen molar-refractivity contribution in [2.24, 2.45) is 0 Å². The van der Waals surface area contributed by atoms with Crippen LogP contribution in [0.1, 0.15) is 10.4 Å². The molecular formula is C20H16Br2O5. The number of methoxy groups -OCH3 is 1. The second-order valence-electron chi connectivity index (χ2n) is 5.20. The fourth-order valence-corrected chi connectivity index (χ4v) is 2.49. The zero-order valence-electron chi connectivity index (χ0n) is 14.2. The van der Waals surface area contributed by atoms with Crippen molar-refractivity contribution in [2.75, 3.05) is 7.11 Å². The van der Waals surface area contributed by atoms with E-state index in [2.05, 4.69) is 31.9 Å². The number of carboxylic acid groups (broad SMARTS) is 1. The van der Waals surface area contributed by atoms with Crippen LogP contribution in [-0.2, 0) is 0 Å². The average molecular weight is 496 g/mol. The molecule has 0 atom stereocenters. The molecule has 0 spiro atoms. The Bertz CT molecular complexity index is 872. The van der Waals surface area contributed by atoms with Gasteiger partial charge in [0.25, 0.3) is 0 Å². The van der Waals surface area contributed by atoms with Crippen molar-refractivity contribution in [3.05, 3.63) is 81.2 Å². The fourth-order valence-electron chi connectivity index (χ4n) is 1.96. The fraction of sp³-hybridized carbons (Fsp3) is 0.0500. The minimum atomic E-state index is -1.06. The molecule has 0 amide bonds. The molecule has 0 aliphatic carbocycles. The number of phenols is 1. The van der Waals surface area contributed by atoms with Crippen LogP contribution in [0.5, 0.6) is 23.0 Å². The molecule has 0 saturated carbocycles. The maximum absolute atomic E-state index is 11.2. The van der Waals surface area contributed by atoms with Crippen molar-refractivity contribution in [3.63, 3.8) is 0 Å². The summed E-state index contributed by atoms with van der Waals surface area (Å²) in [6.07, 6.45) is 0. The molecule has 3 rings (SSSR count). The number of ether oxygens (including phenoxy) is 2. The summed E-state index contributed by atoms with van der Waals surface area (Å²) in [6.45, 7) is 0. The molecule has 0 aromatic heterocycles. The Kier molecular flexibility index (Phi) is 7.69. The van der Waals surface area contributed by atoms with Crippen LogP contribution in [0.25, 0.3) is 0 Å². The van der Waals surface area contributed by atoms with E-state index < -0.39 is 5.97 Å². The first-order chi connectivity index (χ1) is 12.9. The van der Waals surface area contributed by atoms with Crippen LogP contribution < -0.4 is 9.47 Å². The number of hydrogen-bond donors (Lipinski definition) is 2. The monoisotopic (exact) mass is 494 g/mol. The molecule has 140 valence electrons. The highest BCUT2D eigenvalue weighted by molar-refractivity contribution is 9.10. The van der Waals surface area contributed by atoms with Gasteiger partial charge in [-0.25, -0.2) is 4.79 Å². The van der Waals surface area contributed by atoms with E-state index in [0.29, 0.717) is 17.2 Å². The standard InChI is InChI=1S/C14H11BrO4.C6H5BrO/c1-18-11-6-7-13(12(8-11)14(16)17)19-10-4-2-9(15)3-5-10;7-5-1-3-6(8)4-2-5/h2-8H,1H3,(H,16,17);1-4,8H. The Balaban J connectivity index is 0.000000273. The number of aromatic carboxylic acids is 1. The number of aromatic hydroxyl groups is 1. The molecule has 0 heterocycles. The summed E-state index contributed by atoms with van der Waals surface area (Å²) in [5, 5.41) is 17.9.